The predicted octanol–water partition coefficient (Wildman–Crippen LogP) is 3.65. The fraction of sp³-hybridized carbons (Fsp3) is 0.235. The van der Waals surface area contributed by atoms with E-state index in [-0.39, 0.29) is 17.8 Å². The number of hydrogen-bond donors (Lipinski definition) is 0. The molecule has 1 fully saturated rings. The second-order valence-electron chi connectivity index (χ2n) is 4.83. The van der Waals surface area contributed by atoms with Crippen molar-refractivity contribution in [2.24, 2.45) is 5.92 Å². The number of carbonyl (C=O) groups excluding carboxylic acids is 1. The number of hydrogen-bond acceptors (Lipinski definition) is 2. The van der Waals surface area contributed by atoms with E-state index >= 15 is 0 Å². The molecule has 1 heterocycles. The number of Topliss-reactive ketones (excluding diaryl/α,β-unsaturated/α-hetero) is 1. The van der Waals surface area contributed by atoms with E-state index in [4.69, 9.17) is 4.74 Å². The molecule has 2 aromatic rings. The first-order chi connectivity index (χ1) is 9.36. The first kappa shape index (κ1) is 12.1. The smallest absolute Gasteiger partial charge is 0.168 e. The van der Waals surface area contributed by atoms with Crippen LogP contribution in [0.15, 0.2) is 60.7 Å². The third-order valence-electron chi connectivity index (χ3n) is 3.61. The van der Waals surface area contributed by atoms with Crippen molar-refractivity contribution in [3.63, 3.8) is 0 Å². The minimum Gasteiger partial charge on any atom is -0.373 e. The summed E-state index contributed by atoms with van der Waals surface area (Å²) >= 11 is 0. The van der Waals surface area contributed by atoms with Crippen molar-refractivity contribution in [1.29, 1.82) is 0 Å². The minimum atomic E-state index is -0.103. The monoisotopic (exact) mass is 252 g/mol. The van der Waals surface area contributed by atoms with Crippen molar-refractivity contribution in [2.75, 3.05) is 6.61 Å². The van der Waals surface area contributed by atoms with E-state index in [1.807, 2.05) is 60.7 Å². The van der Waals surface area contributed by atoms with Crippen LogP contribution in [0.5, 0.6) is 0 Å². The van der Waals surface area contributed by atoms with E-state index in [0.717, 1.165) is 17.5 Å². The van der Waals surface area contributed by atoms with Gasteiger partial charge in [0.15, 0.2) is 5.78 Å². The zero-order valence-corrected chi connectivity index (χ0v) is 10.7. The van der Waals surface area contributed by atoms with E-state index < -0.39 is 0 Å². The molecule has 96 valence electrons. The van der Waals surface area contributed by atoms with E-state index in [2.05, 4.69) is 0 Å². The van der Waals surface area contributed by atoms with E-state index in [1.54, 1.807) is 0 Å². The standard InChI is InChI=1S/C17H16O2/c18-16(13-7-3-1-4-8-13)15-11-12-19-17(15)14-9-5-2-6-10-14/h1-10,15,17H,11-12H2/t15-,17+/m1/s1. The number of ketones is 1. The molecule has 0 aliphatic carbocycles. The highest BCUT2D eigenvalue weighted by Gasteiger charge is 2.35. The highest BCUT2D eigenvalue weighted by atomic mass is 16.5. The lowest BCUT2D eigenvalue weighted by molar-refractivity contribution is 0.0701. The summed E-state index contributed by atoms with van der Waals surface area (Å²) in [7, 11) is 0. The van der Waals surface area contributed by atoms with Crippen LogP contribution in [-0.4, -0.2) is 12.4 Å². The molecule has 0 N–H and O–H groups in total. The fourth-order valence-electron chi connectivity index (χ4n) is 2.65. The Morgan fingerprint density at radius 1 is 0.947 bits per heavy atom. The molecule has 1 aliphatic rings. The van der Waals surface area contributed by atoms with Gasteiger partial charge in [0.05, 0.1) is 12.0 Å². The summed E-state index contributed by atoms with van der Waals surface area (Å²) in [6, 6.07) is 19.5. The Morgan fingerprint density at radius 2 is 1.58 bits per heavy atom. The van der Waals surface area contributed by atoms with Gasteiger partial charge in [0.2, 0.25) is 0 Å². The summed E-state index contributed by atoms with van der Waals surface area (Å²) < 4.78 is 5.77. The van der Waals surface area contributed by atoms with Gasteiger partial charge in [-0.2, -0.15) is 0 Å². The first-order valence-electron chi connectivity index (χ1n) is 6.62. The van der Waals surface area contributed by atoms with E-state index in [9.17, 15) is 4.79 Å². The Morgan fingerprint density at radius 3 is 2.26 bits per heavy atom. The van der Waals surface area contributed by atoms with Crippen molar-refractivity contribution in [1.82, 2.24) is 0 Å². The summed E-state index contributed by atoms with van der Waals surface area (Å²) in [4.78, 5) is 12.6. The topological polar surface area (TPSA) is 26.3 Å². The number of carbonyl (C=O) groups is 1. The van der Waals surface area contributed by atoms with Crippen LogP contribution in [0.3, 0.4) is 0 Å². The second-order valence-corrected chi connectivity index (χ2v) is 4.83. The van der Waals surface area contributed by atoms with Crippen molar-refractivity contribution < 1.29 is 9.53 Å². The molecule has 2 heteroatoms. The SMILES string of the molecule is O=C(c1ccccc1)[C@H]1CCO[C@H]1c1ccccc1. The molecule has 0 spiro atoms. The van der Waals surface area contributed by atoms with Crippen LogP contribution in [0.1, 0.15) is 28.4 Å². The zero-order chi connectivity index (χ0) is 13.1. The molecule has 19 heavy (non-hydrogen) atoms. The highest BCUT2D eigenvalue weighted by molar-refractivity contribution is 5.98. The molecule has 2 nitrogen and oxygen atoms in total. The quantitative estimate of drug-likeness (QED) is 0.779. The van der Waals surface area contributed by atoms with Crippen LogP contribution in [-0.2, 0) is 4.74 Å². The molecule has 2 aromatic carbocycles. The van der Waals surface area contributed by atoms with E-state index in [0.29, 0.717) is 6.61 Å². The maximum atomic E-state index is 12.6. The number of rotatable bonds is 3. The van der Waals surface area contributed by atoms with Crippen molar-refractivity contribution in [3.05, 3.63) is 71.8 Å². The maximum Gasteiger partial charge on any atom is 0.168 e. The summed E-state index contributed by atoms with van der Waals surface area (Å²) in [5.74, 6) is 0.122. The lowest BCUT2D eigenvalue weighted by Gasteiger charge is -2.17. The Labute approximate surface area is 113 Å². The van der Waals surface area contributed by atoms with Crippen molar-refractivity contribution in [3.8, 4) is 0 Å². The minimum absolute atomic E-state index is 0.0650. The van der Waals surface area contributed by atoms with Gasteiger partial charge in [-0.05, 0) is 12.0 Å². The molecule has 2 atom stereocenters. The van der Waals surface area contributed by atoms with Crippen LogP contribution in [0.25, 0.3) is 0 Å². The molecule has 0 unspecified atom stereocenters. The normalized spacial score (nSPS) is 22.3. The van der Waals surface area contributed by atoms with Crippen LogP contribution < -0.4 is 0 Å². The second kappa shape index (κ2) is 5.37. The van der Waals surface area contributed by atoms with E-state index in [1.165, 1.54) is 0 Å². The predicted molar refractivity (Wildman–Crippen MR) is 74.0 cm³/mol. The van der Waals surface area contributed by atoms with Crippen LogP contribution >= 0.6 is 0 Å². The van der Waals surface area contributed by atoms with Gasteiger partial charge in [0.25, 0.3) is 0 Å². The summed E-state index contributed by atoms with van der Waals surface area (Å²) in [6.07, 6.45) is 0.696. The van der Waals surface area contributed by atoms with Crippen molar-refractivity contribution in [2.45, 2.75) is 12.5 Å². The van der Waals surface area contributed by atoms with Crippen molar-refractivity contribution >= 4 is 5.78 Å². The third kappa shape index (κ3) is 2.45. The van der Waals surface area contributed by atoms with Gasteiger partial charge in [-0.1, -0.05) is 60.7 Å². The first-order valence-corrected chi connectivity index (χ1v) is 6.62. The Bertz CT molecular complexity index is 548. The largest absolute Gasteiger partial charge is 0.373 e. The van der Waals surface area contributed by atoms with Crippen LogP contribution in [0.4, 0.5) is 0 Å². The summed E-state index contributed by atoms with van der Waals surface area (Å²) in [5, 5.41) is 0. The Hall–Kier alpha value is -1.93. The molecule has 1 saturated heterocycles. The maximum absolute atomic E-state index is 12.6. The molecule has 0 bridgehead atoms. The van der Waals surface area contributed by atoms with Gasteiger partial charge in [0, 0.05) is 12.2 Å². The lowest BCUT2D eigenvalue weighted by Crippen LogP contribution is -2.18. The lowest BCUT2D eigenvalue weighted by atomic mass is 9.88. The van der Waals surface area contributed by atoms with Gasteiger partial charge in [-0.25, -0.2) is 0 Å². The van der Waals surface area contributed by atoms with Gasteiger partial charge in [-0.3, -0.25) is 4.79 Å². The van der Waals surface area contributed by atoms with Crippen LogP contribution in [0, 0.1) is 5.92 Å². The average molecular weight is 252 g/mol. The molecular formula is C17H16O2. The van der Waals surface area contributed by atoms with Gasteiger partial charge >= 0.3 is 0 Å². The molecule has 3 rings (SSSR count). The fourth-order valence-corrected chi connectivity index (χ4v) is 2.65. The summed E-state index contributed by atoms with van der Waals surface area (Å²) in [5.41, 5.74) is 1.87. The Kier molecular flexibility index (Phi) is 3.43. The highest BCUT2D eigenvalue weighted by Crippen LogP contribution is 2.36. The molecule has 1 aliphatic heterocycles. The molecule has 0 amide bonds. The van der Waals surface area contributed by atoms with Gasteiger partial charge in [0.1, 0.15) is 0 Å². The number of ether oxygens (including phenoxy) is 1. The number of benzene rings is 2. The Balaban J connectivity index is 1.86. The summed E-state index contributed by atoms with van der Waals surface area (Å²) in [6.45, 7) is 0.656. The van der Waals surface area contributed by atoms with Gasteiger partial charge < -0.3 is 4.74 Å². The molecule has 0 saturated carbocycles. The van der Waals surface area contributed by atoms with Gasteiger partial charge in [-0.15, -0.1) is 0 Å². The molecule has 0 radical (unpaired) electrons. The zero-order valence-electron chi connectivity index (χ0n) is 10.7. The average Bonchev–Trinajstić information content (AvgIpc) is 2.98. The third-order valence-corrected chi connectivity index (χ3v) is 3.61. The molecular weight excluding hydrogens is 236 g/mol. The molecule has 0 aromatic heterocycles. The van der Waals surface area contributed by atoms with Crippen LogP contribution in [0.2, 0.25) is 0 Å².